The van der Waals surface area contributed by atoms with E-state index < -0.39 is 0 Å². The molecule has 5 nitrogen and oxygen atoms in total. The van der Waals surface area contributed by atoms with Gasteiger partial charge >= 0.3 is 0 Å². The van der Waals surface area contributed by atoms with E-state index in [0.29, 0.717) is 6.42 Å². The molecule has 0 spiro atoms. The molecule has 3 heterocycles. The minimum absolute atomic E-state index is 0.422. The molecule has 0 saturated heterocycles. The van der Waals surface area contributed by atoms with Crippen LogP contribution in [0.1, 0.15) is 23.1 Å². The molecule has 116 valence electrons. The minimum atomic E-state index is 0.422. The van der Waals surface area contributed by atoms with E-state index in [9.17, 15) is 0 Å². The third-order valence-corrected chi connectivity index (χ3v) is 4.19. The van der Waals surface area contributed by atoms with E-state index >= 15 is 0 Å². The zero-order valence-electron chi connectivity index (χ0n) is 13.3. The van der Waals surface area contributed by atoms with Crippen molar-refractivity contribution in [3.63, 3.8) is 0 Å². The summed E-state index contributed by atoms with van der Waals surface area (Å²) in [6.07, 6.45) is 10.7. The van der Waals surface area contributed by atoms with Gasteiger partial charge in [0.25, 0.3) is 0 Å². The summed E-state index contributed by atoms with van der Waals surface area (Å²) < 4.78 is 1.86. The summed E-state index contributed by atoms with van der Waals surface area (Å²) in [6.45, 7) is 2.03. The van der Waals surface area contributed by atoms with E-state index in [1.54, 1.807) is 0 Å². The van der Waals surface area contributed by atoms with Crippen LogP contribution in [0.5, 0.6) is 0 Å². The molecule has 0 aliphatic carbocycles. The van der Waals surface area contributed by atoms with Gasteiger partial charge in [0.2, 0.25) is 0 Å². The van der Waals surface area contributed by atoms with Crippen LogP contribution in [0.2, 0.25) is 0 Å². The molecule has 2 aliphatic rings. The van der Waals surface area contributed by atoms with Crippen LogP contribution in [0, 0.1) is 18.3 Å². The number of aromatic nitrogens is 2. The number of aliphatic imine (C=N–C) groups is 2. The van der Waals surface area contributed by atoms with Gasteiger partial charge in [0.1, 0.15) is 0 Å². The second-order valence-corrected chi connectivity index (χ2v) is 5.80. The Morgan fingerprint density at radius 3 is 3.08 bits per heavy atom. The summed E-state index contributed by atoms with van der Waals surface area (Å²) >= 11 is 0. The van der Waals surface area contributed by atoms with Gasteiger partial charge in [0.05, 0.1) is 35.8 Å². The first-order valence-electron chi connectivity index (χ1n) is 7.78. The predicted molar refractivity (Wildman–Crippen MR) is 94.2 cm³/mol. The Morgan fingerprint density at radius 2 is 2.25 bits per heavy atom. The van der Waals surface area contributed by atoms with E-state index in [1.807, 2.05) is 60.7 Å². The highest BCUT2D eigenvalue weighted by Gasteiger charge is 2.19. The number of nitrogens with zero attached hydrogens (tertiary/aromatic N) is 5. The number of hydrogen-bond donors (Lipinski definition) is 0. The van der Waals surface area contributed by atoms with Gasteiger partial charge in [-0.1, -0.05) is 12.1 Å². The molecule has 0 radical (unpaired) electrons. The fourth-order valence-corrected chi connectivity index (χ4v) is 3.02. The van der Waals surface area contributed by atoms with Gasteiger partial charge < -0.3 is 0 Å². The molecule has 0 bridgehead atoms. The van der Waals surface area contributed by atoms with Crippen LogP contribution in [-0.2, 0) is 6.42 Å². The third-order valence-electron chi connectivity index (χ3n) is 4.19. The van der Waals surface area contributed by atoms with Gasteiger partial charge in [-0.2, -0.15) is 10.4 Å². The van der Waals surface area contributed by atoms with Crippen LogP contribution in [0.3, 0.4) is 0 Å². The maximum atomic E-state index is 8.82. The molecular weight excluding hydrogens is 298 g/mol. The average molecular weight is 313 g/mol. The Balaban J connectivity index is 1.72. The van der Waals surface area contributed by atoms with E-state index in [4.69, 9.17) is 5.26 Å². The molecule has 0 saturated carbocycles. The molecule has 0 N–H and O–H groups in total. The maximum absolute atomic E-state index is 8.82. The lowest BCUT2D eigenvalue weighted by atomic mass is 10.0. The van der Waals surface area contributed by atoms with E-state index in [-0.39, 0.29) is 0 Å². The number of aryl methyl sites for hydroxylation is 1. The fourth-order valence-electron chi connectivity index (χ4n) is 3.02. The smallest absolute Gasteiger partial charge is 0.0821 e. The largest absolute Gasteiger partial charge is 0.260 e. The number of rotatable bonds is 3. The van der Waals surface area contributed by atoms with E-state index in [0.717, 1.165) is 45.8 Å². The highest BCUT2D eigenvalue weighted by Crippen LogP contribution is 2.29. The van der Waals surface area contributed by atoms with Crippen molar-refractivity contribution < 1.29 is 0 Å². The maximum Gasteiger partial charge on any atom is 0.0821 e. The van der Waals surface area contributed by atoms with Crippen molar-refractivity contribution in [3.8, 4) is 11.8 Å². The summed E-state index contributed by atoms with van der Waals surface area (Å²) in [5, 5.41) is 13.3. The molecule has 1 aromatic carbocycles. The van der Waals surface area contributed by atoms with Gasteiger partial charge in [-0.05, 0) is 30.2 Å². The Morgan fingerprint density at radius 1 is 1.33 bits per heavy atom. The number of nitriles is 1. The second kappa shape index (κ2) is 5.74. The first kappa shape index (κ1) is 14.3. The van der Waals surface area contributed by atoms with Crippen LogP contribution >= 0.6 is 0 Å². The Hall–Kier alpha value is -3.26. The Bertz CT molecular complexity index is 979. The van der Waals surface area contributed by atoms with Gasteiger partial charge in [0.15, 0.2) is 0 Å². The average Bonchev–Trinajstić information content (AvgIpc) is 3.24. The lowest BCUT2D eigenvalue weighted by Gasteiger charge is -2.10. The summed E-state index contributed by atoms with van der Waals surface area (Å²) in [5.41, 5.74) is 7.14. The molecule has 5 heteroatoms. The zero-order valence-corrected chi connectivity index (χ0v) is 13.3. The van der Waals surface area contributed by atoms with Gasteiger partial charge in [0, 0.05) is 36.2 Å². The highest BCUT2D eigenvalue weighted by molar-refractivity contribution is 6.17. The standard InChI is InChI=1S/C19H15N5/c1-13-10-14(4-7-20)2-3-18(13)24-12-15(11-23-24)19-16-5-8-21-17(16)6-9-22-19/h2-3,5,8-12H,4,6H2,1H3. The summed E-state index contributed by atoms with van der Waals surface area (Å²) in [4.78, 5) is 8.92. The normalized spacial score (nSPS) is 15.4. The molecule has 0 fully saturated rings. The van der Waals surface area contributed by atoms with Crippen LogP contribution in [0.4, 0.5) is 0 Å². The third kappa shape index (κ3) is 2.38. The molecule has 4 rings (SSSR count). The van der Waals surface area contributed by atoms with Gasteiger partial charge in [-0.15, -0.1) is 0 Å². The van der Waals surface area contributed by atoms with Crippen molar-refractivity contribution in [2.24, 2.45) is 9.98 Å². The van der Waals surface area contributed by atoms with E-state index in [1.165, 1.54) is 0 Å². The molecule has 2 aliphatic heterocycles. The van der Waals surface area contributed by atoms with Crippen molar-refractivity contribution in [2.45, 2.75) is 19.8 Å². The highest BCUT2D eigenvalue weighted by atomic mass is 15.3. The molecule has 0 unspecified atom stereocenters. The first-order chi connectivity index (χ1) is 11.8. The van der Waals surface area contributed by atoms with Gasteiger partial charge in [-0.3, -0.25) is 9.98 Å². The van der Waals surface area contributed by atoms with Crippen LogP contribution in [-0.4, -0.2) is 21.7 Å². The quantitative estimate of drug-likeness (QED) is 0.871. The molecule has 0 atom stereocenters. The summed E-state index contributed by atoms with van der Waals surface area (Å²) in [5.74, 6) is 0. The number of hydrogen-bond acceptors (Lipinski definition) is 4. The summed E-state index contributed by atoms with van der Waals surface area (Å²) in [6, 6.07) is 8.18. The van der Waals surface area contributed by atoms with Crippen LogP contribution < -0.4 is 0 Å². The summed E-state index contributed by atoms with van der Waals surface area (Å²) in [7, 11) is 0. The van der Waals surface area contributed by atoms with Crippen molar-refractivity contribution in [3.05, 3.63) is 65.1 Å². The van der Waals surface area contributed by atoms with Crippen molar-refractivity contribution in [2.75, 3.05) is 0 Å². The van der Waals surface area contributed by atoms with Crippen molar-refractivity contribution in [1.82, 2.24) is 9.78 Å². The second-order valence-electron chi connectivity index (χ2n) is 5.80. The molecule has 0 amide bonds. The fraction of sp³-hybridized carbons (Fsp3) is 0.158. The number of fused-ring (bicyclic) bond motifs is 1. The molecular formula is C19H15N5. The molecule has 2 aromatic rings. The Kier molecular flexibility index (Phi) is 3.43. The predicted octanol–water partition coefficient (Wildman–Crippen LogP) is 3.40. The molecule has 1 aromatic heterocycles. The zero-order chi connectivity index (χ0) is 16.5. The first-order valence-corrected chi connectivity index (χ1v) is 7.78. The van der Waals surface area contributed by atoms with Crippen molar-refractivity contribution >= 4 is 17.6 Å². The molecule has 24 heavy (non-hydrogen) atoms. The van der Waals surface area contributed by atoms with Crippen molar-refractivity contribution in [1.29, 1.82) is 5.26 Å². The number of benzene rings is 1. The SMILES string of the molecule is Cc1cc(CC#N)ccc1-n1cc(C2=C3C=CN=C3CC=N2)cn1. The lowest BCUT2D eigenvalue weighted by Crippen LogP contribution is -2.06. The van der Waals surface area contributed by atoms with Gasteiger partial charge in [-0.25, -0.2) is 4.68 Å². The van der Waals surface area contributed by atoms with E-state index in [2.05, 4.69) is 21.2 Å². The number of allylic oxidation sites excluding steroid dienone is 2. The van der Waals surface area contributed by atoms with Crippen LogP contribution in [0.15, 0.2) is 58.4 Å². The van der Waals surface area contributed by atoms with Crippen LogP contribution in [0.25, 0.3) is 11.4 Å². The monoisotopic (exact) mass is 313 g/mol. The topological polar surface area (TPSA) is 66.3 Å². The minimum Gasteiger partial charge on any atom is -0.260 e. The Labute approximate surface area is 140 Å². The lowest BCUT2D eigenvalue weighted by molar-refractivity contribution is 0.871.